The highest BCUT2D eigenvalue weighted by Gasteiger charge is 2.17. The minimum absolute atomic E-state index is 0.151. The summed E-state index contributed by atoms with van der Waals surface area (Å²) < 4.78 is 1.35. The summed E-state index contributed by atoms with van der Waals surface area (Å²) in [6.07, 6.45) is 3.01. The van der Waals surface area contributed by atoms with Crippen molar-refractivity contribution in [3.63, 3.8) is 0 Å². The van der Waals surface area contributed by atoms with Crippen molar-refractivity contribution in [3.05, 3.63) is 27.1 Å². The number of fused-ring (bicyclic) bond motifs is 1. The number of amides is 1. The van der Waals surface area contributed by atoms with Crippen molar-refractivity contribution in [2.45, 2.75) is 31.9 Å². The number of hydrogen-bond donors (Lipinski definition) is 0. The van der Waals surface area contributed by atoms with Gasteiger partial charge < -0.3 is 4.90 Å². The molecule has 0 spiro atoms. The Balaban J connectivity index is 1.63. The van der Waals surface area contributed by atoms with Gasteiger partial charge in [0.15, 0.2) is 0 Å². The molecule has 118 valence electrons. The van der Waals surface area contributed by atoms with Crippen LogP contribution in [0.1, 0.15) is 30.5 Å². The van der Waals surface area contributed by atoms with Crippen molar-refractivity contribution in [2.75, 3.05) is 18.8 Å². The molecule has 22 heavy (non-hydrogen) atoms. The third-order valence-corrected chi connectivity index (χ3v) is 5.58. The number of thioether (sulfide) groups is 1. The standard InChI is InChI=1S/C14H18N4O2S2/c1-2-11-16-18-12(19)7-10(15-14(18)22-11)8-21-9-13(20)17-5-3-4-6-17/h7H,2-6,8-9H2,1H3. The molecule has 2 aromatic heterocycles. The van der Waals surface area contributed by atoms with Gasteiger partial charge in [-0.15, -0.1) is 11.8 Å². The van der Waals surface area contributed by atoms with E-state index in [1.54, 1.807) is 0 Å². The summed E-state index contributed by atoms with van der Waals surface area (Å²) in [5.74, 6) is 1.21. The van der Waals surface area contributed by atoms with E-state index in [1.807, 2.05) is 11.8 Å². The van der Waals surface area contributed by atoms with Gasteiger partial charge in [-0.05, 0) is 19.3 Å². The number of aryl methyl sites for hydroxylation is 1. The van der Waals surface area contributed by atoms with E-state index in [9.17, 15) is 9.59 Å². The Labute approximate surface area is 136 Å². The van der Waals surface area contributed by atoms with Gasteiger partial charge in [-0.25, -0.2) is 4.98 Å². The lowest BCUT2D eigenvalue weighted by molar-refractivity contribution is -0.127. The highest BCUT2D eigenvalue weighted by molar-refractivity contribution is 7.99. The second-order valence-electron chi connectivity index (χ2n) is 5.21. The third-order valence-electron chi connectivity index (χ3n) is 3.58. The minimum atomic E-state index is -0.151. The Morgan fingerprint density at radius 2 is 2.18 bits per heavy atom. The van der Waals surface area contributed by atoms with Crippen molar-refractivity contribution >= 4 is 34.0 Å². The van der Waals surface area contributed by atoms with Gasteiger partial charge in [0.25, 0.3) is 5.56 Å². The minimum Gasteiger partial charge on any atom is -0.342 e. The van der Waals surface area contributed by atoms with E-state index in [2.05, 4.69) is 10.1 Å². The first-order chi connectivity index (χ1) is 10.7. The van der Waals surface area contributed by atoms with Crippen molar-refractivity contribution in [1.29, 1.82) is 0 Å². The molecule has 6 nitrogen and oxygen atoms in total. The Morgan fingerprint density at radius 3 is 2.91 bits per heavy atom. The average molecular weight is 338 g/mol. The number of likely N-dealkylation sites (tertiary alicyclic amines) is 1. The molecule has 1 saturated heterocycles. The lowest BCUT2D eigenvalue weighted by Gasteiger charge is -2.14. The predicted molar refractivity (Wildman–Crippen MR) is 88.5 cm³/mol. The maximum absolute atomic E-state index is 12.0. The first-order valence-electron chi connectivity index (χ1n) is 7.41. The number of rotatable bonds is 5. The largest absolute Gasteiger partial charge is 0.342 e. The smallest absolute Gasteiger partial charge is 0.275 e. The van der Waals surface area contributed by atoms with E-state index in [1.165, 1.54) is 33.7 Å². The van der Waals surface area contributed by atoms with Gasteiger partial charge in [-0.3, -0.25) is 9.59 Å². The van der Waals surface area contributed by atoms with E-state index in [0.29, 0.717) is 16.5 Å². The highest BCUT2D eigenvalue weighted by Crippen LogP contribution is 2.16. The van der Waals surface area contributed by atoms with Crippen LogP contribution in [-0.4, -0.2) is 44.2 Å². The number of nitrogens with zero attached hydrogens (tertiary/aromatic N) is 4. The van der Waals surface area contributed by atoms with Gasteiger partial charge in [0.2, 0.25) is 10.9 Å². The molecule has 3 rings (SSSR count). The maximum Gasteiger partial charge on any atom is 0.275 e. The fraction of sp³-hybridized carbons (Fsp3) is 0.571. The molecule has 0 bridgehead atoms. The summed E-state index contributed by atoms with van der Waals surface area (Å²) in [4.78, 5) is 31.0. The second kappa shape index (κ2) is 6.78. The fourth-order valence-corrected chi connectivity index (χ4v) is 4.09. The van der Waals surface area contributed by atoms with Crippen molar-refractivity contribution in [1.82, 2.24) is 19.5 Å². The molecule has 8 heteroatoms. The summed E-state index contributed by atoms with van der Waals surface area (Å²) in [7, 11) is 0. The van der Waals surface area contributed by atoms with Gasteiger partial charge in [-0.1, -0.05) is 18.3 Å². The summed E-state index contributed by atoms with van der Waals surface area (Å²) in [6.45, 7) is 3.76. The third kappa shape index (κ3) is 3.33. The Hall–Kier alpha value is -1.41. The van der Waals surface area contributed by atoms with E-state index in [-0.39, 0.29) is 11.5 Å². The number of carbonyl (C=O) groups is 1. The molecule has 0 radical (unpaired) electrons. The fourth-order valence-electron chi connectivity index (χ4n) is 2.41. The zero-order chi connectivity index (χ0) is 15.5. The SMILES string of the molecule is CCc1nn2c(=O)cc(CSCC(=O)N3CCCC3)nc2s1. The molecular formula is C14H18N4O2S2. The molecule has 1 fully saturated rings. The van der Waals surface area contributed by atoms with Crippen LogP contribution < -0.4 is 5.56 Å². The van der Waals surface area contributed by atoms with E-state index < -0.39 is 0 Å². The Bertz CT molecular complexity index is 734. The van der Waals surface area contributed by atoms with Crippen LogP contribution in [0.5, 0.6) is 0 Å². The molecule has 0 saturated carbocycles. The first kappa shape index (κ1) is 15.5. The number of aromatic nitrogens is 3. The number of carbonyl (C=O) groups excluding carboxylic acids is 1. The van der Waals surface area contributed by atoms with Crippen LogP contribution in [0.4, 0.5) is 0 Å². The van der Waals surface area contributed by atoms with E-state index in [0.717, 1.165) is 43.1 Å². The van der Waals surface area contributed by atoms with Crippen molar-refractivity contribution in [3.8, 4) is 0 Å². The van der Waals surface area contributed by atoms with Crippen LogP contribution in [0.25, 0.3) is 4.96 Å². The summed E-state index contributed by atoms with van der Waals surface area (Å²) in [6, 6.07) is 1.51. The van der Waals surface area contributed by atoms with Crippen molar-refractivity contribution < 1.29 is 4.79 Å². The summed E-state index contributed by atoms with van der Waals surface area (Å²) >= 11 is 2.96. The monoisotopic (exact) mass is 338 g/mol. The van der Waals surface area contributed by atoms with E-state index >= 15 is 0 Å². The zero-order valence-corrected chi connectivity index (χ0v) is 14.1. The van der Waals surface area contributed by atoms with Gasteiger partial charge in [0.1, 0.15) is 5.01 Å². The van der Waals surface area contributed by atoms with Crippen LogP contribution >= 0.6 is 23.1 Å². The Morgan fingerprint density at radius 1 is 1.41 bits per heavy atom. The van der Waals surface area contributed by atoms with E-state index in [4.69, 9.17) is 0 Å². The van der Waals surface area contributed by atoms with Gasteiger partial charge in [0, 0.05) is 24.9 Å². The molecule has 1 aliphatic rings. The lowest BCUT2D eigenvalue weighted by Crippen LogP contribution is -2.29. The second-order valence-corrected chi connectivity index (χ2v) is 7.24. The average Bonchev–Trinajstić information content (AvgIpc) is 3.16. The van der Waals surface area contributed by atoms with Gasteiger partial charge in [-0.2, -0.15) is 9.61 Å². The quantitative estimate of drug-likeness (QED) is 0.828. The molecular weight excluding hydrogens is 320 g/mol. The van der Waals surface area contributed by atoms with Gasteiger partial charge in [0.05, 0.1) is 11.4 Å². The van der Waals surface area contributed by atoms with Crippen LogP contribution in [0.15, 0.2) is 10.9 Å². The lowest BCUT2D eigenvalue weighted by atomic mass is 10.4. The van der Waals surface area contributed by atoms with Crippen LogP contribution in [0.3, 0.4) is 0 Å². The van der Waals surface area contributed by atoms with Crippen LogP contribution in [0.2, 0.25) is 0 Å². The topological polar surface area (TPSA) is 67.6 Å². The molecule has 2 aromatic rings. The molecule has 0 aliphatic carbocycles. The molecule has 0 N–H and O–H groups in total. The van der Waals surface area contributed by atoms with Gasteiger partial charge >= 0.3 is 0 Å². The van der Waals surface area contributed by atoms with Crippen LogP contribution in [-0.2, 0) is 17.0 Å². The maximum atomic E-state index is 12.0. The molecule has 3 heterocycles. The van der Waals surface area contributed by atoms with Crippen molar-refractivity contribution in [2.24, 2.45) is 0 Å². The molecule has 0 atom stereocenters. The molecule has 0 unspecified atom stereocenters. The first-order valence-corrected chi connectivity index (χ1v) is 9.38. The van der Waals surface area contributed by atoms with Crippen LogP contribution in [0, 0.1) is 0 Å². The molecule has 0 aromatic carbocycles. The Kier molecular flexibility index (Phi) is 4.77. The number of hydrogen-bond acceptors (Lipinski definition) is 6. The highest BCUT2D eigenvalue weighted by atomic mass is 32.2. The zero-order valence-electron chi connectivity index (χ0n) is 12.4. The molecule has 1 aliphatic heterocycles. The normalized spacial score (nSPS) is 14.9. The summed E-state index contributed by atoms with van der Waals surface area (Å²) in [5, 5.41) is 5.13. The predicted octanol–water partition coefficient (Wildman–Crippen LogP) is 1.57. The molecule has 1 amide bonds. The summed E-state index contributed by atoms with van der Waals surface area (Å²) in [5.41, 5.74) is 0.568.